The summed E-state index contributed by atoms with van der Waals surface area (Å²) in [5, 5.41) is 0. The van der Waals surface area contributed by atoms with Crippen LogP contribution in [-0.4, -0.2) is 69.2 Å². The van der Waals surface area contributed by atoms with E-state index in [1.54, 1.807) is 0 Å². The molecule has 2 fully saturated rings. The number of nitrogens with zero attached hydrogens (tertiary/aromatic N) is 6. The Balaban J connectivity index is 1.32. The van der Waals surface area contributed by atoms with Gasteiger partial charge < -0.3 is 19.6 Å². The van der Waals surface area contributed by atoms with Crippen LogP contribution < -0.4 is 14.7 Å². The zero-order chi connectivity index (χ0) is 32.6. The van der Waals surface area contributed by atoms with Gasteiger partial charge in [0.1, 0.15) is 5.82 Å². The van der Waals surface area contributed by atoms with Crippen LogP contribution in [0.1, 0.15) is 64.5 Å². The summed E-state index contributed by atoms with van der Waals surface area (Å²) >= 11 is 0. The third kappa shape index (κ3) is 8.70. The minimum atomic E-state index is 0.522. The molecule has 6 heteroatoms. The first-order chi connectivity index (χ1) is 22.2. The number of hydrogen-bond acceptors (Lipinski definition) is 6. The van der Waals surface area contributed by atoms with E-state index in [0.717, 1.165) is 43.5 Å². The molecule has 0 amide bonds. The molecule has 1 aromatic carbocycles. The Bertz CT molecular complexity index is 1390. The lowest BCUT2D eigenvalue weighted by Gasteiger charge is -2.42. The summed E-state index contributed by atoms with van der Waals surface area (Å²) in [6, 6.07) is 17.8. The van der Waals surface area contributed by atoms with Gasteiger partial charge in [0.2, 0.25) is 0 Å². The van der Waals surface area contributed by atoms with E-state index in [0.29, 0.717) is 17.8 Å². The molecule has 1 aliphatic carbocycles. The predicted molar refractivity (Wildman–Crippen MR) is 197 cm³/mol. The highest BCUT2D eigenvalue weighted by molar-refractivity contribution is 5.67. The number of pyridine rings is 2. The molecule has 6 nitrogen and oxygen atoms in total. The van der Waals surface area contributed by atoms with Gasteiger partial charge in [-0.2, -0.15) is 0 Å². The van der Waals surface area contributed by atoms with Crippen LogP contribution >= 0.6 is 0 Å². The third-order valence-electron chi connectivity index (χ3n) is 10.6. The molecule has 2 aliphatic rings. The fraction of sp³-hybridized carbons (Fsp3) is 0.550. The molecular formula is C40H58N6. The van der Waals surface area contributed by atoms with Crippen molar-refractivity contribution in [1.29, 1.82) is 0 Å². The van der Waals surface area contributed by atoms with Crippen molar-refractivity contribution in [2.45, 2.75) is 65.2 Å². The minimum Gasteiger partial charge on any atom is -0.378 e. The van der Waals surface area contributed by atoms with Gasteiger partial charge >= 0.3 is 0 Å². The second-order valence-corrected chi connectivity index (χ2v) is 14.4. The predicted octanol–water partition coefficient (Wildman–Crippen LogP) is 8.40. The zero-order valence-corrected chi connectivity index (χ0v) is 29.5. The molecule has 0 N–H and O–H groups in total. The maximum absolute atomic E-state index is 5.00. The Hall–Kier alpha value is -3.38. The Morgan fingerprint density at radius 1 is 0.891 bits per heavy atom. The molecule has 2 atom stereocenters. The van der Waals surface area contributed by atoms with Gasteiger partial charge in [0.05, 0.1) is 0 Å². The molecule has 2 unspecified atom stereocenters. The Morgan fingerprint density at radius 3 is 2.24 bits per heavy atom. The lowest BCUT2D eigenvalue weighted by molar-refractivity contribution is 0.263. The first-order valence-electron chi connectivity index (χ1n) is 17.8. The van der Waals surface area contributed by atoms with E-state index in [-0.39, 0.29) is 0 Å². The molecule has 248 valence electrons. The van der Waals surface area contributed by atoms with Crippen molar-refractivity contribution in [3.8, 4) is 11.1 Å². The van der Waals surface area contributed by atoms with Crippen LogP contribution in [0.15, 0.2) is 73.2 Å². The number of benzene rings is 1. The average molecular weight is 623 g/mol. The van der Waals surface area contributed by atoms with Crippen molar-refractivity contribution in [1.82, 2.24) is 14.9 Å². The maximum atomic E-state index is 5.00. The molecule has 3 aromatic rings. The van der Waals surface area contributed by atoms with E-state index in [1.807, 2.05) is 12.4 Å². The second kappa shape index (κ2) is 15.9. The van der Waals surface area contributed by atoms with E-state index in [2.05, 4.69) is 115 Å². The van der Waals surface area contributed by atoms with Crippen LogP contribution in [0.4, 0.5) is 17.2 Å². The van der Waals surface area contributed by atoms with Gasteiger partial charge in [-0.05, 0) is 155 Å². The minimum absolute atomic E-state index is 0.522. The highest BCUT2D eigenvalue weighted by atomic mass is 15.2. The fourth-order valence-electron chi connectivity index (χ4n) is 7.55. The molecule has 2 aromatic heterocycles. The summed E-state index contributed by atoms with van der Waals surface area (Å²) < 4.78 is 0. The van der Waals surface area contributed by atoms with Crippen molar-refractivity contribution in [3.05, 3.63) is 78.9 Å². The molecule has 46 heavy (non-hydrogen) atoms. The summed E-state index contributed by atoms with van der Waals surface area (Å²) in [5.41, 5.74) is 7.38. The van der Waals surface area contributed by atoms with E-state index in [1.165, 1.54) is 79.7 Å². The number of aryl methyl sites for hydroxylation is 1. The average Bonchev–Trinajstić information content (AvgIpc) is 3.07. The molecule has 5 rings (SSSR count). The van der Waals surface area contributed by atoms with Gasteiger partial charge in [-0.25, -0.2) is 4.98 Å². The lowest BCUT2D eigenvalue weighted by Crippen LogP contribution is -2.44. The van der Waals surface area contributed by atoms with Crippen molar-refractivity contribution < 1.29 is 0 Å². The van der Waals surface area contributed by atoms with E-state index in [4.69, 9.17) is 11.6 Å². The van der Waals surface area contributed by atoms with E-state index < -0.39 is 0 Å². The van der Waals surface area contributed by atoms with E-state index in [9.17, 15) is 0 Å². The zero-order valence-electron chi connectivity index (χ0n) is 29.5. The van der Waals surface area contributed by atoms with Crippen LogP contribution in [-0.2, 0) is 6.42 Å². The molecule has 0 spiro atoms. The normalized spacial score (nSPS) is 21.8. The SMILES string of the molecule is C=C(C1CCC(CCCN(C)C)CC1)N(CC1CCN(c2ccc(N(C)C)cc2)CC1C)c1cc(-c2ccnc(CC)c2)ccn1. The highest BCUT2D eigenvalue weighted by Gasteiger charge is 2.32. The molecular weight excluding hydrogens is 564 g/mol. The third-order valence-corrected chi connectivity index (χ3v) is 10.6. The Morgan fingerprint density at radius 2 is 1.59 bits per heavy atom. The van der Waals surface area contributed by atoms with Gasteiger partial charge in [-0.3, -0.25) is 4.98 Å². The number of aromatic nitrogens is 2. The summed E-state index contributed by atoms with van der Waals surface area (Å²) in [5.74, 6) is 3.57. The quantitative estimate of drug-likeness (QED) is 0.191. The van der Waals surface area contributed by atoms with Crippen molar-refractivity contribution in [2.75, 3.05) is 69.1 Å². The van der Waals surface area contributed by atoms with Crippen LogP contribution in [0.25, 0.3) is 11.1 Å². The highest BCUT2D eigenvalue weighted by Crippen LogP contribution is 2.39. The van der Waals surface area contributed by atoms with Gasteiger partial charge in [0.25, 0.3) is 0 Å². The maximum Gasteiger partial charge on any atom is 0.133 e. The smallest absolute Gasteiger partial charge is 0.133 e. The summed E-state index contributed by atoms with van der Waals surface area (Å²) in [6.07, 6.45) is 13.8. The second-order valence-electron chi connectivity index (χ2n) is 14.4. The Kier molecular flexibility index (Phi) is 11.8. The van der Waals surface area contributed by atoms with Crippen molar-refractivity contribution in [3.63, 3.8) is 0 Å². The number of allylic oxidation sites excluding steroid dienone is 1. The molecule has 0 bridgehead atoms. The summed E-state index contributed by atoms with van der Waals surface area (Å²) in [7, 11) is 8.57. The number of hydrogen-bond donors (Lipinski definition) is 0. The largest absolute Gasteiger partial charge is 0.378 e. The standard InChI is InChI=1S/C40H58N6/c1-8-37-26-34(19-22-41-37)35-20-23-42-40(27-35)46(31(3)33-13-11-32(12-14-33)10-9-24-43(4)5)29-36-21-25-45(28-30(36)2)39-17-15-38(16-18-39)44(6)7/h15-20,22-23,26-27,30,32-33,36H,3,8-14,21,24-25,28-29H2,1-2,4-7H3. The first kappa shape index (κ1) is 34.0. The van der Waals surface area contributed by atoms with Crippen molar-refractivity contribution >= 4 is 17.2 Å². The summed E-state index contributed by atoms with van der Waals surface area (Å²) in [6.45, 7) is 13.8. The first-order valence-corrected chi connectivity index (χ1v) is 17.8. The number of anilines is 3. The van der Waals surface area contributed by atoms with Crippen LogP contribution in [0.5, 0.6) is 0 Å². The van der Waals surface area contributed by atoms with E-state index >= 15 is 0 Å². The summed E-state index contributed by atoms with van der Waals surface area (Å²) in [4.78, 5) is 19.1. The Labute approximate surface area is 279 Å². The monoisotopic (exact) mass is 622 g/mol. The molecule has 1 saturated carbocycles. The van der Waals surface area contributed by atoms with Crippen LogP contribution in [0, 0.1) is 23.7 Å². The number of piperidine rings is 1. The van der Waals surface area contributed by atoms with Gasteiger partial charge in [0.15, 0.2) is 0 Å². The lowest BCUT2D eigenvalue weighted by atomic mass is 9.78. The van der Waals surface area contributed by atoms with Gasteiger partial charge in [0, 0.05) is 68.9 Å². The van der Waals surface area contributed by atoms with Gasteiger partial charge in [-0.1, -0.05) is 20.4 Å². The number of rotatable bonds is 13. The molecule has 3 heterocycles. The molecule has 0 radical (unpaired) electrons. The van der Waals surface area contributed by atoms with Gasteiger partial charge in [-0.15, -0.1) is 0 Å². The topological polar surface area (TPSA) is 38.7 Å². The fourth-order valence-corrected chi connectivity index (χ4v) is 7.55. The molecule has 1 saturated heterocycles. The van der Waals surface area contributed by atoms with Crippen molar-refractivity contribution in [2.24, 2.45) is 23.7 Å². The van der Waals surface area contributed by atoms with Crippen LogP contribution in [0.3, 0.4) is 0 Å². The van der Waals surface area contributed by atoms with Crippen LogP contribution in [0.2, 0.25) is 0 Å². The molecule has 1 aliphatic heterocycles.